The molecule has 2 N–H and O–H groups in total. The maximum atomic E-state index is 12.4. The van der Waals surface area contributed by atoms with E-state index in [1.807, 2.05) is 6.07 Å². The summed E-state index contributed by atoms with van der Waals surface area (Å²) in [5.74, 6) is 0.0322. The van der Waals surface area contributed by atoms with E-state index in [-0.39, 0.29) is 11.4 Å². The van der Waals surface area contributed by atoms with E-state index in [4.69, 9.17) is 10.5 Å². The number of nitrogens with two attached hydrogens (primary N) is 1. The number of morpholine rings is 1. The summed E-state index contributed by atoms with van der Waals surface area (Å²) >= 11 is 0. The lowest BCUT2D eigenvalue weighted by Crippen LogP contribution is -2.58. The highest BCUT2D eigenvalue weighted by molar-refractivity contribution is 5.62. The molecule has 2 saturated heterocycles. The molecule has 5 nitrogen and oxygen atoms in total. The second-order valence-electron chi connectivity index (χ2n) is 5.31. The van der Waals surface area contributed by atoms with Crippen LogP contribution in [0.1, 0.15) is 0 Å². The Balaban J connectivity index is 1.74. The van der Waals surface area contributed by atoms with E-state index in [2.05, 4.69) is 14.5 Å². The van der Waals surface area contributed by atoms with Crippen molar-refractivity contribution in [3.8, 4) is 5.75 Å². The molecule has 1 aromatic carbocycles. The van der Waals surface area contributed by atoms with E-state index in [0.29, 0.717) is 12.6 Å². The lowest BCUT2D eigenvalue weighted by Gasteiger charge is -2.44. The van der Waals surface area contributed by atoms with Crippen molar-refractivity contribution in [3.63, 3.8) is 0 Å². The number of ether oxygens (including phenoxy) is 2. The molecule has 21 heavy (non-hydrogen) atoms. The van der Waals surface area contributed by atoms with Crippen molar-refractivity contribution < 1.29 is 18.3 Å². The molecule has 0 aromatic heterocycles. The molecular weight excluding hydrogens is 280 g/mol. The Morgan fingerprint density at radius 1 is 1.29 bits per heavy atom. The van der Waals surface area contributed by atoms with Gasteiger partial charge in [-0.15, -0.1) is 0 Å². The van der Waals surface area contributed by atoms with Crippen LogP contribution in [0.3, 0.4) is 0 Å². The summed E-state index contributed by atoms with van der Waals surface area (Å²) in [5, 5.41) is 0. The average Bonchev–Trinajstić information content (AvgIpc) is 2.48. The fraction of sp³-hybridized carbons (Fsp3) is 0.571. The summed E-state index contributed by atoms with van der Waals surface area (Å²) in [7, 11) is 0. The molecule has 2 aliphatic heterocycles. The van der Waals surface area contributed by atoms with Gasteiger partial charge in [0.1, 0.15) is 0 Å². The highest BCUT2D eigenvalue weighted by Gasteiger charge is 2.29. The SMILES string of the molecule is Nc1ccc(N2CCN3CCOCC3C2)cc1OC(F)F. The van der Waals surface area contributed by atoms with Crippen LogP contribution in [0.15, 0.2) is 18.2 Å². The smallest absolute Gasteiger partial charge is 0.387 e. The monoisotopic (exact) mass is 299 g/mol. The molecule has 116 valence electrons. The van der Waals surface area contributed by atoms with Gasteiger partial charge in [0.25, 0.3) is 0 Å². The maximum Gasteiger partial charge on any atom is 0.387 e. The molecule has 1 unspecified atom stereocenters. The first kappa shape index (κ1) is 14.3. The number of alkyl halides is 2. The second-order valence-corrected chi connectivity index (χ2v) is 5.31. The zero-order valence-corrected chi connectivity index (χ0v) is 11.7. The molecule has 2 aliphatic rings. The van der Waals surface area contributed by atoms with Crippen LogP contribution in [0.4, 0.5) is 20.2 Å². The van der Waals surface area contributed by atoms with E-state index < -0.39 is 6.61 Å². The normalized spacial score (nSPS) is 23.2. The molecule has 0 radical (unpaired) electrons. The molecule has 3 rings (SSSR count). The molecule has 0 bridgehead atoms. The Morgan fingerprint density at radius 3 is 2.95 bits per heavy atom. The van der Waals surface area contributed by atoms with Gasteiger partial charge in [-0.05, 0) is 12.1 Å². The standard InChI is InChI=1S/C14H19F2N3O2/c15-14(16)21-13-7-10(1-2-12(13)17)19-4-3-18-5-6-20-9-11(18)8-19/h1-2,7,11,14H,3-6,8-9,17H2. The van der Waals surface area contributed by atoms with Crippen molar-refractivity contribution >= 4 is 11.4 Å². The summed E-state index contributed by atoms with van der Waals surface area (Å²) in [6.45, 7) is 2.21. The summed E-state index contributed by atoms with van der Waals surface area (Å²) < 4.78 is 34.7. The van der Waals surface area contributed by atoms with Gasteiger partial charge in [0.2, 0.25) is 0 Å². The van der Waals surface area contributed by atoms with Gasteiger partial charge in [0.05, 0.1) is 24.9 Å². The Bertz CT molecular complexity index is 501. The fourth-order valence-corrected chi connectivity index (χ4v) is 2.90. The van der Waals surface area contributed by atoms with Crippen molar-refractivity contribution in [2.45, 2.75) is 12.7 Å². The fourth-order valence-electron chi connectivity index (χ4n) is 2.90. The van der Waals surface area contributed by atoms with E-state index in [9.17, 15) is 8.78 Å². The van der Waals surface area contributed by atoms with Crippen molar-refractivity contribution in [2.24, 2.45) is 0 Å². The molecule has 2 fully saturated rings. The van der Waals surface area contributed by atoms with E-state index >= 15 is 0 Å². The zero-order valence-electron chi connectivity index (χ0n) is 11.7. The largest absolute Gasteiger partial charge is 0.433 e. The van der Waals surface area contributed by atoms with E-state index in [0.717, 1.165) is 38.5 Å². The Kier molecular flexibility index (Phi) is 4.12. The molecule has 0 amide bonds. The van der Waals surface area contributed by atoms with Crippen LogP contribution >= 0.6 is 0 Å². The summed E-state index contributed by atoms with van der Waals surface area (Å²) in [6, 6.07) is 5.38. The molecule has 0 spiro atoms. The number of halogens is 2. The highest BCUT2D eigenvalue weighted by atomic mass is 19.3. The number of anilines is 2. The van der Waals surface area contributed by atoms with Crippen LogP contribution < -0.4 is 15.4 Å². The number of piperazine rings is 1. The first-order valence-electron chi connectivity index (χ1n) is 7.04. The number of nitrogen functional groups attached to an aromatic ring is 1. The second kappa shape index (κ2) is 6.03. The zero-order chi connectivity index (χ0) is 14.8. The minimum Gasteiger partial charge on any atom is -0.433 e. The van der Waals surface area contributed by atoms with Gasteiger partial charge in [-0.1, -0.05) is 0 Å². The summed E-state index contributed by atoms with van der Waals surface area (Å²) in [6.07, 6.45) is 0. The first-order chi connectivity index (χ1) is 10.1. The number of hydrogen-bond acceptors (Lipinski definition) is 5. The van der Waals surface area contributed by atoms with Gasteiger partial charge < -0.3 is 20.1 Å². The molecule has 0 saturated carbocycles. The van der Waals surface area contributed by atoms with Crippen LogP contribution in [0.2, 0.25) is 0 Å². The third-order valence-corrected chi connectivity index (χ3v) is 4.02. The summed E-state index contributed by atoms with van der Waals surface area (Å²) in [4.78, 5) is 4.57. The molecular formula is C14H19F2N3O2. The van der Waals surface area contributed by atoms with Gasteiger partial charge in [-0.2, -0.15) is 8.78 Å². The van der Waals surface area contributed by atoms with Crippen LogP contribution in [0.25, 0.3) is 0 Å². The minimum atomic E-state index is -2.87. The van der Waals surface area contributed by atoms with Gasteiger partial charge >= 0.3 is 6.61 Å². The summed E-state index contributed by atoms with van der Waals surface area (Å²) in [5.41, 5.74) is 6.74. The molecule has 7 heteroatoms. The quantitative estimate of drug-likeness (QED) is 0.855. The lowest BCUT2D eigenvalue weighted by molar-refractivity contribution is -0.0493. The maximum absolute atomic E-state index is 12.4. The van der Waals surface area contributed by atoms with Crippen molar-refractivity contribution in [1.29, 1.82) is 0 Å². The Hall–Kier alpha value is -1.60. The molecule has 2 heterocycles. The number of hydrogen-bond donors (Lipinski definition) is 1. The molecule has 0 aliphatic carbocycles. The van der Waals surface area contributed by atoms with Gasteiger partial charge in [0, 0.05) is 37.9 Å². The first-order valence-corrected chi connectivity index (χ1v) is 7.04. The predicted molar refractivity (Wildman–Crippen MR) is 75.9 cm³/mol. The Labute approximate surface area is 122 Å². The number of fused-ring (bicyclic) bond motifs is 1. The van der Waals surface area contributed by atoms with Crippen LogP contribution in [0, 0.1) is 0 Å². The predicted octanol–water partition coefficient (Wildman–Crippen LogP) is 1.39. The van der Waals surface area contributed by atoms with Gasteiger partial charge in [-0.25, -0.2) is 0 Å². The van der Waals surface area contributed by atoms with Crippen LogP contribution in [-0.4, -0.2) is 56.9 Å². The van der Waals surface area contributed by atoms with Crippen LogP contribution in [0.5, 0.6) is 5.75 Å². The highest BCUT2D eigenvalue weighted by Crippen LogP contribution is 2.30. The van der Waals surface area contributed by atoms with Crippen molar-refractivity contribution in [1.82, 2.24) is 4.90 Å². The molecule has 1 atom stereocenters. The van der Waals surface area contributed by atoms with E-state index in [1.165, 1.54) is 0 Å². The third-order valence-electron chi connectivity index (χ3n) is 4.02. The topological polar surface area (TPSA) is 51.0 Å². The average molecular weight is 299 g/mol. The van der Waals surface area contributed by atoms with Crippen molar-refractivity contribution in [2.75, 3.05) is 50.0 Å². The van der Waals surface area contributed by atoms with Gasteiger partial charge in [0.15, 0.2) is 5.75 Å². The Morgan fingerprint density at radius 2 is 2.14 bits per heavy atom. The molecule has 1 aromatic rings. The number of benzene rings is 1. The van der Waals surface area contributed by atoms with Crippen molar-refractivity contribution in [3.05, 3.63) is 18.2 Å². The van der Waals surface area contributed by atoms with Gasteiger partial charge in [-0.3, -0.25) is 4.90 Å². The number of rotatable bonds is 3. The third kappa shape index (κ3) is 3.19. The number of nitrogens with zero attached hydrogens (tertiary/aromatic N) is 2. The lowest BCUT2D eigenvalue weighted by atomic mass is 10.1. The minimum absolute atomic E-state index is 0.0322. The van der Waals surface area contributed by atoms with Crippen LogP contribution in [-0.2, 0) is 4.74 Å². The van der Waals surface area contributed by atoms with E-state index in [1.54, 1.807) is 12.1 Å².